The van der Waals surface area contributed by atoms with Crippen molar-refractivity contribution in [1.29, 1.82) is 0 Å². The van der Waals surface area contributed by atoms with Crippen molar-refractivity contribution >= 4 is 5.97 Å². The monoisotopic (exact) mass is 187 g/mol. The van der Waals surface area contributed by atoms with Gasteiger partial charge in [-0.25, -0.2) is 0 Å². The molecule has 0 N–H and O–H groups in total. The maximum atomic E-state index is 11.2. The van der Waals surface area contributed by atoms with Gasteiger partial charge in [-0.05, 0) is 13.3 Å². The number of hydrogen-bond acceptors (Lipinski definition) is 4. The first-order valence-corrected chi connectivity index (χ1v) is 4.53. The molecule has 0 saturated carbocycles. The molecule has 2 unspecified atom stereocenters. The SMILES string of the molecule is COC(=O)C1CCN1CC(C)OC. The lowest BCUT2D eigenvalue weighted by Gasteiger charge is -2.39. The zero-order valence-electron chi connectivity index (χ0n) is 8.45. The van der Waals surface area contributed by atoms with Crippen LogP contribution in [0.25, 0.3) is 0 Å². The number of nitrogens with zero attached hydrogens (tertiary/aromatic N) is 1. The average Bonchev–Trinajstić information content (AvgIpc) is 2.11. The molecular weight excluding hydrogens is 170 g/mol. The molecule has 4 nitrogen and oxygen atoms in total. The summed E-state index contributed by atoms with van der Waals surface area (Å²) in [4.78, 5) is 13.3. The lowest BCUT2D eigenvalue weighted by atomic mass is 10.0. The first-order chi connectivity index (χ1) is 6.19. The van der Waals surface area contributed by atoms with Crippen molar-refractivity contribution in [3.05, 3.63) is 0 Å². The van der Waals surface area contributed by atoms with E-state index in [0.717, 1.165) is 19.5 Å². The van der Waals surface area contributed by atoms with E-state index in [1.165, 1.54) is 7.11 Å². The highest BCUT2D eigenvalue weighted by Crippen LogP contribution is 2.18. The lowest BCUT2D eigenvalue weighted by molar-refractivity contribution is -0.152. The van der Waals surface area contributed by atoms with Gasteiger partial charge in [0.15, 0.2) is 0 Å². The number of carbonyl (C=O) groups excluding carboxylic acids is 1. The van der Waals surface area contributed by atoms with Gasteiger partial charge >= 0.3 is 5.97 Å². The van der Waals surface area contributed by atoms with Gasteiger partial charge in [0.05, 0.1) is 13.2 Å². The van der Waals surface area contributed by atoms with Gasteiger partial charge < -0.3 is 9.47 Å². The van der Waals surface area contributed by atoms with Crippen LogP contribution >= 0.6 is 0 Å². The Morgan fingerprint density at radius 1 is 1.62 bits per heavy atom. The van der Waals surface area contributed by atoms with Crippen molar-refractivity contribution < 1.29 is 14.3 Å². The second-order valence-electron chi connectivity index (χ2n) is 3.37. The van der Waals surface area contributed by atoms with Crippen LogP contribution in [0.1, 0.15) is 13.3 Å². The summed E-state index contributed by atoms with van der Waals surface area (Å²) in [5.41, 5.74) is 0. The van der Waals surface area contributed by atoms with Crippen molar-refractivity contribution in [3.8, 4) is 0 Å². The number of likely N-dealkylation sites (tertiary alicyclic amines) is 1. The summed E-state index contributed by atoms with van der Waals surface area (Å²) in [6.45, 7) is 3.76. The minimum Gasteiger partial charge on any atom is -0.468 e. The summed E-state index contributed by atoms with van der Waals surface area (Å²) in [7, 11) is 3.11. The Bertz CT molecular complexity index is 184. The minimum absolute atomic E-state index is 0.0393. The number of carbonyl (C=O) groups is 1. The quantitative estimate of drug-likeness (QED) is 0.592. The zero-order chi connectivity index (χ0) is 9.84. The summed E-state index contributed by atoms with van der Waals surface area (Å²) in [5.74, 6) is -0.130. The van der Waals surface area contributed by atoms with Crippen molar-refractivity contribution in [1.82, 2.24) is 4.90 Å². The molecule has 0 radical (unpaired) electrons. The van der Waals surface area contributed by atoms with Gasteiger partial charge in [-0.15, -0.1) is 0 Å². The van der Waals surface area contributed by atoms with Gasteiger partial charge in [0.2, 0.25) is 0 Å². The van der Waals surface area contributed by atoms with E-state index < -0.39 is 0 Å². The fourth-order valence-corrected chi connectivity index (χ4v) is 1.47. The molecule has 13 heavy (non-hydrogen) atoms. The van der Waals surface area contributed by atoms with Crippen LogP contribution in [0.15, 0.2) is 0 Å². The number of hydrogen-bond donors (Lipinski definition) is 0. The molecule has 0 aromatic heterocycles. The number of ether oxygens (including phenoxy) is 2. The van der Waals surface area contributed by atoms with Crippen LogP contribution in [0, 0.1) is 0 Å². The Balaban J connectivity index is 2.32. The molecule has 0 amide bonds. The molecule has 1 heterocycles. The van der Waals surface area contributed by atoms with Gasteiger partial charge in [0, 0.05) is 20.2 Å². The highest BCUT2D eigenvalue weighted by molar-refractivity contribution is 5.76. The van der Waals surface area contributed by atoms with E-state index in [-0.39, 0.29) is 18.1 Å². The molecule has 0 bridgehead atoms. The summed E-state index contributed by atoms with van der Waals surface area (Å²) < 4.78 is 9.80. The van der Waals surface area contributed by atoms with Crippen molar-refractivity contribution in [2.45, 2.75) is 25.5 Å². The molecule has 1 rings (SSSR count). The van der Waals surface area contributed by atoms with E-state index in [1.807, 2.05) is 6.92 Å². The fraction of sp³-hybridized carbons (Fsp3) is 0.889. The zero-order valence-corrected chi connectivity index (χ0v) is 8.45. The molecule has 0 spiro atoms. The van der Waals surface area contributed by atoms with Crippen molar-refractivity contribution in [3.63, 3.8) is 0 Å². The molecule has 1 fully saturated rings. The van der Waals surface area contributed by atoms with E-state index in [1.54, 1.807) is 7.11 Å². The first-order valence-electron chi connectivity index (χ1n) is 4.53. The number of methoxy groups -OCH3 is 2. The van der Waals surface area contributed by atoms with Gasteiger partial charge in [-0.2, -0.15) is 0 Å². The maximum Gasteiger partial charge on any atom is 0.323 e. The van der Waals surface area contributed by atoms with Crippen LogP contribution in [0.4, 0.5) is 0 Å². The van der Waals surface area contributed by atoms with Gasteiger partial charge in [0.1, 0.15) is 6.04 Å². The van der Waals surface area contributed by atoms with E-state index in [0.29, 0.717) is 0 Å². The van der Waals surface area contributed by atoms with E-state index in [9.17, 15) is 4.79 Å². The van der Waals surface area contributed by atoms with Crippen LogP contribution in [-0.2, 0) is 14.3 Å². The summed E-state index contributed by atoms with van der Waals surface area (Å²) in [5, 5.41) is 0. The minimum atomic E-state index is -0.130. The van der Waals surface area contributed by atoms with E-state index >= 15 is 0 Å². The third-order valence-corrected chi connectivity index (χ3v) is 2.50. The summed E-state index contributed by atoms with van der Waals surface area (Å²) in [6.07, 6.45) is 1.08. The number of rotatable bonds is 4. The summed E-state index contributed by atoms with van der Waals surface area (Å²) in [6, 6.07) is -0.0393. The largest absolute Gasteiger partial charge is 0.468 e. The van der Waals surface area contributed by atoms with Crippen LogP contribution < -0.4 is 0 Å². The molecule has 4 heteroatoms. The molecular formula is C9H17NO3. The molecule has 0 aromatic carbocycles. The highest BCUT2D eigenvalue weighted by atomic mass is 16.5. The van der Waals surface area contributed by atoms with Gasteiger partial charge in [-0.1, -0.05) is 0 Å². The van der Waals surface area contributed by atoms with E-state index in [4.69, 9.17) is 4.74 Å². The predicted octanol–water partition coefficient (Wildman–Crippen LogP) is 0.269. The normalized spacial score (nSPS) is 25.0. The third kappa shape index (κ3) is 2.42. The van der Waals surface area contributed by atoms with Crippen LogP contribution in [0.5, 0.6) is 0 Å². The first kappa shape index (κ1) is 10.5. The Labute approximate surface area is 78.8 Å². The van der Waals surface area contributed by atoms with Crippen LogP contribution in [0.2, 0.25) is 0 Å². The second-order valence-corrected chi connectivity index (χ2v) is 3.37. The Hall–Kier alpha value is -0.610. The molecule has 76 valence electrons. The Morgan fingerprint density at radius 3 is 2.69 bits per heavy atom. The van der Waals surface area contributed by atoms with Crippen LogP contribution in [0.3, 0.4) is 0 Å². The molecule has 1 aliphatic heterocycles. The van der Waals surface area contributed by atoms with Crippen molar-refractivity contribution in [2.24, 2.45) is 0 Å². The van der Waals surface area contributed by atoms with Crippen molar-refractivity contribution in [2.75, 3.05) is 27.3 Å². The highest BCUT2D eigenvalue weighted by Gasteiger charge is 2.35. The third-order valence-electron chi connectivity index (χ3n) is 2.50. The average molecular weight is 187 g/mol. The molecule has 1 saturated heterocycles. The standard InChI is InChI=1S/C9H17NO3/c1-7(12-2)6-10-5-4-8(10)9(11)13-3/h7-8H,4-6H2,1-3H3. The van der Waals surface area contributed by atoms with Gasteiger partial charge in [-0.3, -0.25) is 9.69 Å². The molecule has 1 aliphatic rings. The fourth-order valence-electron chi connectivity index (χ4n) is 1.47. The topological polar surface area (TPSA) is 38.8 Å². The summed E-state index contributed by atoms with van der Waals surface area (Å²) >= 11 is 0. The second kappa shape index (κ2) is 4.58. The van der Waals surface area contributed by atoms with E-state index in [2.05, 4.69) is 9.64 Å². The van der Waals surface area contributed by atoms with Gasteiger partial charge in [0.25, 0.3) is 0 Å². The molecule has 0 aromatic rings. The predicted molar refractivity (Wildman–Crippen MR) is 48.5 cm³/mol. The van der Waals surface area contributed by atoms with Crippen LogP contribution in [-0.4, -0.2) is 50.3 Å². The molecule has 2 atom stereocenters. The Morgan fingerprint density at radius 2 is 2.31 bits per heavy atom. The Kier molecular flexibility index (Phi) is 3.69. The lowest BCUT2D eigenvalue weighted by Crippen LogP contribution is -2.54. The smallest absolute Gasteiger partial charge is 0.323 e. The number of esters is 1. The maximum absolute atomic E-state index is 11.2. The molecule has 0 aliphatic carbocycles.